The Balaban J connectivity index is 1.77. The van der Waals surface area contributed by atoms with Crippen molar-refractivity contribution in [1.82, 2.24) is 5.06 Å². The maximum atomic E-state index is 11.6. The van der Waals surface area contributed by atoms with E-state index in [-0.39, 0.29) is 5.97 Å². The number of halogens is 2. The molecule has 0 spiro atoms. The maximum Gasteiger partial charge on any atom is 0.322 e. The Bertz CT molecular complexity index is 931. The van der Waals surface area contributed by atoms with Crippen molar-refractivity contribution in [3.63, 3.8) is 0 Å². The van der Waals surface area contributed by atoms with E-state index in [0.717, 1.165) is 23.1 Å². The second-order valence-corrected chi connectivity index (χ2v) is 9.48. The van der Waals surface area contributed by atoms with Crippen molar-refractivity contribution in [3.8, 4) is 11.8 Å². The Kier molecular flexibility index (Phi) is 13.8. The van der Waals surface area contributed by atoms with Crippen LogP contribution in [0.5, 0.6) is 0 Å². The van der Waals surface area contributed by atoms with Crippen LogP contribution < -0.4 is 0 Å². The molecule has 0 N–H and O–H groups in total. The van der Waals surface area contributed by atoms with Crippen LogP contribution in [0.2, 0.25) is 10.0 Å². The third-order valence-electron chi connectivity index (χ3n) is 5.59. The number of hydrogen-bond acceptors (Lipinski definition) is 3. The van der Waals surface area contributed by atoms with Crippen LogP contribution in [0, 0.1) is 11.8 Å². The molecule has 2 aromatic rings. The highest BCUT2D eigenvalue weighted by molar-refractivity contribution is 6.42. The van der Waals surface area contributed by atoms with Gasteiger partial charge in [-0.3, -0.25) is 4.79 Å². The Labute approximate surface area is 215 Å². The molecule has 0 fully saturated rings. The lowest BCUT2D eigenvalue weighted by Gasteiger charge is -2.20. The van der Waals surface area contributed by atoms with Crippen molar-refractivity contribution in [3.05, 3.63) is 69.2 Å². The molecule has 0 heterocycles. The predicted octanol–water partition coefficient (Wildman–Crippen LogP) is 8.40. The highest BCUT2D eigenvalue weighted by Gasteiger charge is 2.11. The molecule has 0 aromatic heterocycles. The molecule has 0 radical (unpaired) electrons. The molecule has 0 aliphatic rings. The number of hydrogen-bond donors (Lipinski definition) is 0. The molecule has 34 heavy (non-hydrogen) atoms. The molecule has 0 atom stereocenters. The first-order chi connectivity index (χ1) is 16.5. The molecule has 3 nitrogen and oxygen atoms in total. The molecule has 0 saturated carbocycles. The highest BCUT2D eigenvalue weighted by atomic mass is 35.5. The number of carbonyl (C=O) groups is 1. The molecule has 0 bridgehead atoms. The average Bonchev–Trinajstić information content (AvgIpc) is 2.81. The Morgan fingerprint density at radius 1 is 0.882 bits per heavy atom. The van der Waals surface area contributed by atoms with Gasteiger partial charge in [-0.15, -0.1) is 5.06 Å². The number of benzene rings is 2. The molecule has 0 amide bonds. The van der Waals surface area contributed by atoms with Crippen LogP contribution in [0.1, 0.15) is 88.3 Å². The van der Waals surface area contributed by atoms with Gasteiger partial charge in [0.2, 0.25) is 0 Å². The van der Waals surface area contributed by atoms with Gasteiger partial charge in [0.25, 0.3) is 0 Å². The maximum absolute atomic E-state index is 11.6. The minimum absolute atomic E-state index is 0.336. The van der Waals surface area contributed by atoms with Crippen LogP contribution in [0.15, 0.2) is 42.5 Å². The van der Waals surface area contributed by atoms with Gasteiger partial charge in [0.1, 0.15) is 0 Å². The van der Waals surface area contributed by atoms with E-state index in [4.69, 9.17) is 28.0 Å². The Morgan fingerprint density at radius 3 is 2.18 bits per heavy atom. The summed E-state index contributed by atoms with van der Waals surface area (Å²) in [5, 5.41) is 2.73. The first-order valence-electron chi connectivity index (χ1n) is 12.4. The summed E-state index contributed by atoms with van der Waals surface area (Å²) in [6.45, 7) is 4.73. The zero-order valence-electron chi connectivity index (χ0n) is 20.5. The van der Waals surface area contributed by atoms with Gasteiger partial charge in [0, 0.05) is 25.5 Å². The van der Waals surface area contributed by atoms with Gasteiger partial charge in [0.05, 0.1) is 16.6 Å². The second-order valence-electron chi connectivity index (χ2n) is 8.67. The first kappa shape index (κ1) is 28.2. The zero-order valence-corrected chi connectivity index (χ0v) is 22.1. The lowest BCUT2D eigenvalue weighted by molar-refractivity contribution is -0.190. The summed E-state index contributed by atoms with van der Waals surface area (Å²) in [6, 6.07) is 13.7. The number of unbranched alkanes of at least 4 members (excludes halogenated alkanes) is 8. The number of nitrogens with zero attached hydrogens (tertiary/aromatic N) is 1. The van der Waals surface area contributed by atoms with Crippen molar-refractivity contribution in [2.24, 2.45) is 0 Å². The van der Waals surface area contributed by atoms with Crippen molar-refractivity contribution >= 4 is 29.2 Å². The summed E-state index contributed by atoms with van der Waals surface area (Å²) in [6.07, 6.45) is 12.2. The topological polar surface area (TPSA) is 29.5 Å². The van der Waals surface area contributed by atoms with Crippen LogP contribution in [0.3, 0.4) is 0 Å². The van der Waals surface area contributed by atoms with Gasteiger partial charge < -0.3 is 4.84 Å². The minimum atomic E-state index is -0.336. The van der Waals surface area contributed by atoms with E-state index in [9.17, 15) is 4.79 Å². The van der Waals surface area contributed by atoms with Gasteiger partial charge in [-0.2, -0.15) is 0 Å². The quantitative estimate of drug-likeness (QED) is 0.148. The third kappa shape index (κ3) is 11.9. The van der Waals surface area contributed by atoms with Crippen molar-refractivity contribution in [1.29, 1.82) is 0 Å². The molecular formula is C29H37Cl2NO2. The molecule has 0 saturated heterocycles. The summed E-state index contributed by atoms with van der Waals surface area (Å²) < 4.78 is 0. The van der Waals surface area contributed by atoms with E-state index in [1.165, 1.54) is 58.3 Å². The smallest absolute Gasteiger partial charge is 0.322 e. The molecule has 0 unspecified atom stereocenters. The van der Waals surface area contributed by atoms with Crippen LogP contribution in [0.25, 0.3) is 0 Å². The number of carbonyl (C=O) groups excluding carboxylic acids is 1. The Hall–Kier alpha value is -1.99. The molecule has 2 rings (SSSR count). The summed E-state index contributed by atoms with van der Waals surface area (Å²) in [4.78, 5) is 17.0. The molecule has 5 heteroatoms. The van der Waals surface area contributed by atoms with Crippen LogP contribution in [-0.4, -0.2) is 17.6 Å². The summed E-state index contributed by atoms with van der Waals surface area (Å²) in [5.41, 5.74) is 3.11. The van der Waals surface area contributed by atoms with Crippen LogP contribution in [-0.2, 0) is 22.6 Å². The average molecular weight is 503 g/mol. The minimum Gasteiger partial charge on any atom is -0.368 e. The van der Waals surface area contributed by atoms with Crippen LogP contribution in [0.4, 0.5) is 0 Å². The molecule has 184 valence electrons. The van der Waals surface area contributed by atoms with E-state index in [1.54, 1.807) is 11.1 Å². The Morgan fingerprint density at radius 2 is 1.53 bits per heavy atom. The molecule has 2 aromatic carbocycles. The second kappa shape index (κ2) is 16.6. The van der Waals surface area contributed by atoms with Crippen molar-refractivity contribution in [2.75, 3.05) is 6.54 Å². The third-order valence-corrected chi connectivity index (χ3v) is 6.33. The lowest BCUT2D eigenvalue weighted by atomic mass is 10.1. The highest BCUT2D eigenvalue weighted by Crippen LogP contribution is 2.23. The normalized spacial score (nSPS) is 10.7. The summed E-state index contributed by atoms with van der Waals surface area (Å²) >= 11 is 12.1. The van der Waals surface area contributed by atoms with Crippen molar-refractivity contribution in [2.45, 2.75) is 84.6 Å². The standard InChI is InChI=1S/C29H37Cl2NO2/c1-3-4-5-6-7-8-9-10-11-12-13-25-14-16-27(17-15-25)23-32(34-24(2)33)21-20-26-18-19-28(30)29(31)22-26/h14-19,22H,3-11,20-21,23H2,1-2H3. The van der Waals surface area contributed by atoms with E-state index in [2.05, 4.69) is 18.8 Å². The van der Waals surface area contributed by atoms with E-state index >= 15 is 0 Å². The van der Waals surface area contributed by atoms with Gasteiger partial charge in [0.15, 0.2) is 0 Å². The largest absolute Gasteiger partial charge is 0.368 e. The fourth-order valence-corrected chi connectivity index (χ4v) is 4.02. The van der Waals surface area contributed by atoms with Gasteiger partial charge in [-0.05, 0) is 48.2 Å². The summed E-state index contributed by atoms with van der Waals surface area (Å²) in [7, 11) is 0. The molecular weight excluding hydrogens is 465 g/mol. The van der Waals surface area contributed by atoms with E-state index in [1.807, 2.05) is 36.4 Å². The molecule has 0 aliphatic carbocycles. The predicted molar refractivity (Wildman–Crippen MR) is 143 cm³/mol. The van der Waals surface area contributed by atoms with Crippen molar-refractivity contribution < 1.29 is 9.63 Å². The van der Waals surface area contributed by atoms with E-state index in [0.29, 0.717) is 29.6 Å². The fraction of sp³-hybridized carbons (Fsp3) is 0.483. The first-order valence-corrected chi connectivity index (χ1v) is 13.2. The van der Waals surface area contributed by atoms with E-state index < -0.39 is 0 Å². The number of hydroxylamine groups is 2. The number of rotatable bonds is 14. The summed E-state index contributed by atoms with van der Waals surface area (Å²) in [5.74, 6) is 6.22. The zero-order chi connectivity index (χ0) is 24.6. The van der Waals surface area contributed by atoms with Gasteiger partial charge >= 0.3 is 5.97 Å². The van der Waals surface area contributed by atoms with Crippen LogP contribution >= 0.6 is 23.2 Å². The van der Waals surface area contributed by atoms with Gasteiger partial charge in [-0.25, -0.2) is 0 Å². The fourth-order valence-electron chi connectivity index (χ4n) is 3.70. The SMILES string of the molecule is CCCCCCCCCCC#Cc1ccc(CN(CCc2ccc(Cl)c(Cl)c2)OC(C)=O)cc1. The van der Waals surface area contributed by atoms with Gasteiger partial charge in [-0.1, -0.05) is 105 Å². The lowest BCUT2D eigenvalue weighted by Crippen LogP contribution is -2.28. The monoisotopic (exact) mass is 501 g/mol. The molecule has 0 aliphatic heterocycles.